The van der Waals surface area contributed by atoms with Crippen molar-refractivity contribution in [2.24, 2.45) is 4.99 Å². The molecule has 5 nitrogen and oxygen atoms in total. The third-order valence-corrected chi connectivity index (χ3v) is 4.96. The van der Waals surface area contributed by atoms with E-state index in [1.807, 2.05) is 20.0 Å². The summed E-state index contributed by atoms with van der Waals surface area (Å²) in [4.78, 5) is 13.5. The number of aliphatic imine (C=N–C) groups is 1. The van der Waals surface area contributed by atoms with E-state index in [1.165, 1.54) is 4.88 Å². The number of nitrogens with zero attached hydrogens (tertiary/aromatic N) is 3. The molecule has 0 aromatic carbocycles. The van der Waals surface area contributed by atoms with Gasteiger partial charge in [-0.05, 0) is 13.8 Å². The van der Waals surface area contributed by atoms with Gasteiger partial charge in [-0.2, -0.15) is 13.2 Å². The van der Waals surface area contributed by atoms with Crippen LogP contribution < -0.4 is 10.6 Å². The van der Waals surface area contributed by atoms with Crippen LogP contribution in [0.25, 0.3) is 0 Å². The van der Waals surface area contributed by atoms with Crippen molar-refractivity contribution in [1.82, 2.24) is 20.6 Å². The number of halogens is 3. The summed E-state index contributed by atoms with van der Waals surface area (Å²) in [6.45, 7) is 5.74. The summed E-state index contributed by atoms with van der Waals surface area (Å²) in [5.41, 5.74) is -0.833. The molecule has 0 bridgehead atoms. The van der Waals surface area contributed by atoms with Crippen LogP contribution in [-0.2, 0) is 19.0 Å². The van der Waals surface area contributed by atoms with Gasteiger partial charge in [0.1, 0.15) is 0 Å². The predicted molar refractivity (Wildman–Crippen MR) is 95.4 cm³/mol. The third kappa shape index (κ3) is 6.62. The van der Waals surface area contributed by atoms with Gasteiger partial charge in [-0.25, -0.2) is 9.97 Å². The van der Waals surface area contributed by atoms with Crippen molar-refractivity contribution in [1.29, 1.82) is 0 Å². The highest BCUT2D eigenvalue weighted by Gasteiger charge is 2.33. The summed E-state index contributed by atoms with van der Waals surface area (Å²) in [7, 11) is 0. The summed E-state index contributed by atoms with van der Waals surface area (Å²) >= 11 is 2.67. The largest absolute Gasteiger partial charge is 0.434 e. The van der Waals surface area contributed by atoms with Crippen LogP contribution in [0.4, 0.5) is 13.2 Å². The molecule has 2 rings (SSSR count). The number of thiazole rings is 2. The summed E-state index contributed by atoms with van der Waals surface area (Å²) in [5.74, 6) is 0.642. The molecule has 2 N–H and O–H groups in total. The van der Waals surface area contributed by atoms with Crippen molar-refractivity contribution >= 4 is 28.6 Å². The minimum Gasteiger partial charge on any atom is -0.357 e. The summed E-state index contributed by atoms with van der Waals surface area (Å²) in [6, 6.07) is 0. The van der Waals surface area contributed by atoms with E-state index >= 15 is 0 Å². The molecule has 0 aliphatic rings. The van der Waals surface area contributed by atoms with Crippen LogP contribution in [0.3, 0.4) is 0 Å². The second-order valence-electron chi connectivity index (χ2n) is 5.18. The second-order valence-corrected chi connectivity index (χ2v) is 7.44. The van der Waals surface area contributed by atoms with Gasteiger partial charge < -0.3 is 10.6 Å². The van der Waals surface area contributed by atoms with Gasteiger partial charge in [0, 0.05) is 48.9 Å². The lowest BCUT2D eigenvalue weighted by molar-refractivity contribution is -0.140. The molecule has 138 valence electrons. The lowest BCUT2D eigenvalue weighted by atomic mass is 10.4. The summed E-state index contributed by atoms with van der Waals surface area (Å²) < 4.78 is 37.6. The fraction of sp³-hybridized carbons (Fsp3) is 0.533. The highest BCUT2D eigenvalue weighted by molar-refractivity contribution is 7.11. The van der Waals surface area contributed by atoms with Crippen molar-refractivity contribution < 1.29 is 13.2 Å². The SMILES string of the molecule is CCNC(=NCCc1nc(C(F)(F)F)cs1)NCCc1ncc(C)s1. The van der Waals surface area contributed by atoms with Crippen molar-refractivity contribution in [3.8, 4) is 0 Å². The second kappa shape index (κ2) is 9.14. The summed E-state index contributed by atoms with van der Waals surface area (Å²) in [5, 5.41) is 8.85. The molecule has 2 heterocycles. The maximum atomic E-state index is 12.5. The summed E-state index contributed by atoms with van der Waals surface area (Å²) in [6.07, 6.45) is -1.36. The van der Waals surface area contributed by atoms with Gasteiger partial charge in [-0.1, -0.05) is 0 Å². The number of aromatic nitrogens is 2. The van der Waals surface area contributed by atoms with Crippen molar-refractivity contribution in [2.75, 3.05) is 19.6 Å². The maximum absolute atomic E-state index is 12.5. The molecular formula is C15H20F3N5S2. The Balaban J connectivity index is 1.81. The molecule has 0 aliphatic heterocycles. The average Bonchev–Trinajstić information content (AvgIpc) is 3.16. The number of hydrogen-bond donors (Lipinski definition) is 2. The van der Waals surface area contributed by atoms with Crippen LogP contribution in [0, 0.1) is 6.92 Å². The molecule has 25 heavy (non-hydrogen) atoms. The van der Waals surface area contributed by atoms with E-state index in [-0.39, 0.29) is 0 Å². The first-order chi connectivity index (χ1) is 11.9. The first kappa shape index (κ1) is 19.6. The highest BCUT2D eigenvalue weighted by Crippen LogP contribution is 2.30. The molecule has 0 unspecified atom stereocenters. The Morgan fingerprint density at radius 1 is 1.24 bits per heavy atom. The number of aryl methyl sites for hydroxylation is 1. The van der Waals surface area contributed by atoms with Gasteiger partial charge in [0.15, 0.2) is 11.7 Å². The Kier molecular flexibility index (Phi) is 7.18. The van der Waals surface area contributed by atoms with E-state index in [1.54, 1.807) is 11.3 Å². The fourth-order valence-corrected chi connectivity index (χ4v) is 3.55. The van der Waals surface area contributed by atoms with E-state index in [4.69, 9.17) is 0 Å². The number of guanidine groups is 1. The molecule has 2 aromatic rings. The van der Waals surface area contributed by atoms with Crippen LogP contribution in [0.2, 0.25) is 0 Å². The smallest absolute Gasteiger partial charge is 0.357 e. The minimum atomic E-state index is -4.39. The predicted octanol–water partition coefficient (Wildman–Crippen LogP) is 3.27. The molecule has 0 saturated carbocycles. The molecule has 0 saturated heterocycles. The zero-order valence-electron chi connectivity index (χ0n) is 14.0. The zero-order chi connectivity index (χ0) is 18.3. The van der Waals surface area contributed by atoms with E-state index in [9.17, 15) is 13.2 Å². The van der Waals surface area contributed by atoms with Gasteiger partial charge >= 0.3 is 6.18 Å². The lowest BCUT2D eigenvalue weighted by Gasteiger charge is -2.10. The van der Waals surface area contributed by atoms with E-state index in [0.29, 0.717) is 37.0 Å². The maximum Gasteiger partial charge on any atom is 0.434 e. The fourth-order valence-electron chi connectivity index (χ4n) is 1.97. The molecule has 0 aliphatic carbocycles. The van der Waals surface area contributed by atoms with Crippen LogP contribution >= 0.6 is 22.7 Å². The highest BCUT2D eigenvalue weighted by atomic mass is 32.1. The quantitative estimate of drug-likeness (QED) is 0.562. The van der Waals surface area contributed by atoms with Crippen LogP contribution in [0.15, 0.2) is 16.6 Å². The topological polar surface area (TPSA) is 62.2 Å². The molecule has 2 aromatic heterocycles. The molecule has 0 radical (unpaired) electrons. The lowest BCUT2D eigenvalue weighted by Crippen LogP contribution is -2.38. The minimum absolute atomic E-state index is 0.372. The molecular weight excluding hydrogens is 371 g/mol. The Morgan fingerprint density at radius 2 is 2.04 bits per heavy atom. The zero-order valence-corrected chi connectivity index (χ0v) is 15.6. The Labute approximate surface area is 152 Å². The molecule has 0 atom stereocenters. The molecule has 0 spiro atoms. The van der Waals surface area contributed by atoms with Crippen LogP contribution in [-0.4, -0.2) is 35.6 Å². The number of rotatable bonds is 7. The number of hydrogen-bond acceptors (Lipinski definition) is 5. The van der Waals surface area contributed by atoms with Gasteiger partial charge in [0.05, 0.1) is 10.0 Å². The van der Waals surface area contributed by atoms with Gasteiger partial charge in [-0.3, -0.25) is 4.99 Å². The van der Waals surface area contributed by atoms with Crippen molar-refractivity contribution in [3.63, 3.8) is 0 Å². The van der Waals surface area contributed by atoms with E-state index < -0.39 is 11.9 Å². The first-order valence-corrected chi connectivity index (χ1v) is 9.53. The normalized spacial score (nSPS) is 12.4. The number of alkyl halides is 3. The van der Waals surface area contributed by atoms with Crippen molar-refractivity contribution in [2.45, 2.75) is 32.9 Å². The van der Waals surface area contributed by atoms with Crippen LogP contribution in [0.5, 0.6) is 0 Å². The average molecular weight is 391 g/mol. The molecule has 10 heteroatoms. The van der Waals surface area contributed by atoms with Gasteiger partial charge in [-0.15, -0.1) is 22.7 Å². The third-order valence-electron chi connectivity index (χ3n) is 3.08. The van der Waals surface area contributed by atoms with Gasteiger partial charge in [0.25, 0.3) is 0 Å². The van der Waals surface area contributed by atoms with E-state index in [0.717, 1.165) is 28.1 Å². The Morgan fingerprint density at radius 3 is 2.64 bits per heavy atom. The van der Waals surface area contributed by atoms with Crippen LogP contribution in [0.1, 0.15) is 27.5 Å². The first-order valence-electron chi connectivity index (χ1n) is 7.83. The van der Waals surface area contributed by atoms with Crippen molar-refractivity contribution in [3.05, 3.63) is 32.2 Å². The monoisotopic (exact) mass is 391 g/mol. The number of nitrogens with one attached hydrogen (secondary N) is 2. The van der Waals surface area contributed by atoms with E-state index in [2.05, 4.69) is 25.6 Å². The Hall–Kier alpha value is -1.68. The Bertz CT molecular complexity index is 693. The molecule has 0 amide bonds. The molecule has 0 fully saturated rings. The standard InChI is InChI=1S/C15H20F3N5S2/c1-3-19-14(20-6-4-12-22-8-10(2)25-12)21-7-5-13-23-11(9-24-13)15(16,17)18/h8-9H,3-7H2,1-2H3,(H2,19,20,21). The van der Waals surface area contributed by atoms with Gasteiger partial charge in [0.2, 0.25) is 0 Å².